The molecule has 3 nitrogen and oxygen atoms in total. The molecule has 1 unspecified atom stereocenters. The van der Waals surface area contributed by atoms with Gasteiger partial charge >= 0.3 is 0 Å². The molecule has 0 aliphatic carbocycles. The molecule has 0 aliphatic heterocycles. The molecule has 3 rings (SSSR count). The Labute approximate surface area is 157 Å². The number of thiazole rings is 1. The van der Waals surface area contributed by atoms with E-state index in [1.165, 1.54) is 29.8 Å². The summed E-state index contributed by atoms with van der Waals surface area (Å²) < 4.78 is 2.41. The summed E-state index contributed by atoms with van der Waals surface area (Å²) in [4.78, 5) is 11.4. The molecule has 0 N–H and O–H groups in total. The third-order valence-corrected chi connectivity index (χ3v) is 5.96. The summed E-state index contributed by atoms with van der Waals surface area (Å²) in [6.07, 6.45) is 7.30. The molecule has 5 heteroatoms. The van der Waals surface area contributed by atoms with Crippen molar-refractivity contribution in [3.63, 3.8) is 0 Å². The van der Waals surface area contributed by atoms with Gasteiger partial charge in [-0.3, -0.25) is 4.98 Å². The van der Waals surface area contributed by atoms with Crippen LogP contribution in [0.4, 0.5) is 5.69 Å². The van der Waals surface area contributed by atoms with E-state index >= 15 is 0 Å². The Morgan fingerprint density at radius 1 is 1.12 bits per heavy atom. The van der Waals surface area contributed by atoms with Gasteiger partial charge < -0.3 is 4.57 Å². The predicted molar refractivity (Wildman–Crippen MR) is 108 cm³/mol. The van der Waals surface area contributed by atoms with Crippen LogP contribution in [-0.2, 0) is 0 Å². The second-order valence-corrected chi connectivity index (χ2v) is 8.53. The number of nitrogens with zero attached hydrogens (tertiary/aromatic N) is 3. The lowest BCUT2D eigenvalue weighted by Crippen LogP contribution is -2.20. The minimum atomic E-state index is 0.428. The number of thiophene rings is 1. The SMILES string of the molecule is CC(C)CCCC(C)n1c(-c2cccs2)csc1=Nc1cccnc1. The van der Waals surface area contributed by atoms with Gasteiger partial charge in [0.15, 0.2) is 4.80 Å². The van der Waals surface area contributed by atoms with Crippen LogP contribution < -0.4 is 4.80 Å². The first-order valence-electron chi connectivity index (χ1n) is 8.84. The van der Waals surface area contributed by atoms with Crippen molar-refractivity contribution in [3.8, 4) is 10.6 Å². The van der Waals surface area contributed by atoms with E-state index in [0.717, 1.165) is 16.4 Å². The average Bonchev–Trinajstić information content (AvgIpc) is 3.24. The second kappa shape index (κ2) is 8.59. The maximum Gasteiger partial charge on any atom is 0.190 e. The zero-order valence-electron chi connectivity index (χ0n) is 15.1. The molecule has 0 saturated heterocycles. The van der Waals surface area contributed by atoms with E-state index in [4.69, 9.17) is 4.99 Å². The van der Waals surface area contributed by atoms with Crippen molar-refractivity contribution in [2.24, 2.45) is 10.9 Å². The van der Waals surface area contributed by atoms with Crippen molar-refractivity contribution in [2.45, 2.75) is 46.1 Å². The quantitative estimate of drug-likeness (QED) is 0.480. The van der Waals surface area contributed by atoms with E-state index < -0.39 is 0 Å². The van der Waals surface area contributed by atoms with Crippen molar-refractivity contribution in [1.29, 1.82) is 0 Å². The second-order valence-electron chi connectivity index (χ2n) is 6.75. The van der Waals surface area contributed by atoms with Crippen LogP contribution in [0, 0.1) is 5.92 Å². The highest BCUT2D eigenvalue weighted by Crippen LogP contribution is 2.29. The standard InChI is InChI=1S/C20H25N3S2/c1-15(2)7-4-8-16(3)23-18(19-10-6-12-24-19)14-25-20(23)22-17-9-5-11-21-13-17/h5-6,9-16H,4,7-8H2,1-3H3. The number of hydrogen-bond donors (Lipinski definition) is 0. The van der Waals surface area contributed by atoms with Crippen LogP contribution in [0.25, 0.3) is 10.6 Å². The average molecular weight is 372 g/mol. The molecule has 0 aliphatic rings. The summed E-state index contributed by atoms with van der Waals surface area (Å²) in [5.74, 6) is 0.760. The maximum absolute atomic E-state index is 4.86. The molecule has 0 fully saturated rings. The molecular weight excluding hydrogens is 346 g/mol. The highest BCUT2D eigenvalue weighted by Gasteiger charge is 2.15. The van der Waals surface area contributed by atoms with Crippen molar-refractivity contribution in [3.05, 3.63) is 52.2 Å². The lowest BCUT2D eigenvalue weighted by Gasteiger charge is -2.17. The van der Waals surface area contributed by atoms with Crippen LogP contribution in [0.3, 0.4) is 0 Å². The van der Waals surface area contributed by atoms with E-state index in [1.807, 2.05) is 18.3 Å². The fourth-order valence-corrected chi connectivity index (χ4v) is 4.73. The van der Waals surface area contributed by atoms with Crippen LogP contribution >= 0.6 is 22.7 Å². The van der Waals surface area contributed by atoms with E-state index in [1.54, 1.807) is 28.9 Å². The molecular formula is C20H25N3S2. The molecule has 25 heavy (non-hydrogen) atoms. The minimum Gasteiger partial charge on any atom is -0.313 e. The molecule has 3 aromatic heterocycles. The Balaban J connectivity index is 1.97. The molecule has 0 spiro atoms. The first kappa shape index (κ1) is 18.1. The van der Waals surface area contributed by atoms with E-state index in [2.05, 4.69) is 53.2 Å². The first-order chi connectivity index (χ1) is 12.1. The molecule has 0 amide bonds. The lowest BCUT2D eigenvalue weighted by molar-refractivity contribution is 0.444. The van der Waals surface area contributed by atoms with Gasteiger partial charge in [-0.25, -0.2) is 4.99 Å². The highest BCUT2D eigenvalue weighted by atomic mass is 32.1. The zero-order valence-corrected chi connectivity index (χ0v) is 16.7. The van der Waals surface area contributed by atoms with Gasteiger partial charge in [0.25, 0.3) is 0 Å². The lowest BCUT2D eigenvalue weighted by atomic mass is 10.0. The van der Waals surface area contributed by atoms with Crippen LogP contribution in [0.2, 0.25) is 0 Å². The van der Waals surface area contributed by atoms with E-state index in [9.17, 15) is 0 Å². The first-order valence-corrected chi connectivity index (χ1v) is 10.6. The van der Waals surface area contributed by atoms with Crippen molar-refractivity contribution >= 4 is 28.4 Å². The zero-order chi connectivity index (χ0) is 17.6. The van der Waals surface area contributed by atoms with Gasteiger partial charge in [0.05, 0.1) is 22.5 Å². The maximum atomic E-state index is 4.86. The summed E-state index contributed by atoms with van der Waals surface area (Å²) in [6, 6.07) is 8.67. The van der Waals surface area contributed by atoms with Crippen LogP contribution in [-0.4, -0.2) is 9.55 Å². The summed E-state index contributed by atoms with van der Waals surface area (Å²) in [5.41, 5.74) is 2.19. The van der Waals surface area contributed by atoms with Crippen LogP contribution in [0.15, 0.2) is 52.4 Å². The fraction of sp³-hybridized carbons (Fsp3) is 0.400. The van der Waals surface area contributed by atoms with E-state index in [0.29, 0.717) is 6.04 Å². The molecule has 3 aromatic rings. The number of hydrogen-bond acceptors (Lipinski definition) is 4. The number of aromatic nitrogens is 2. The van der Waals surface area contributed by atoms with Crippen LogP contribution in [0.5, 0.6) is 0 Å². The Morgan fingerprint density at radius 2 is 2.00 bits per heavy atom. The molecule has 3 heterocycles. The Bertz CT molecular complexity index is 829. The summed E-state index contributed by atoms with van der Waals surface area (Å²) in [6.45, 7) is 6.90. The summed E-state index contributed by atoms with van der Waals surface area (Å²) in [7, 11) is 0. The van der Waals surface area contributed by atoms with Crippen LogP contribution in [0.1, 0.15) is 46.1 Å². The number of rotatable bonds is 7. The molecule has 0 bridgehead atoms. The van der Waals surface area contributed by atoms with Crippen molar-refractivity contribution < 1.29 is 0 Å². The molecule has 0 saturated carbocycles. The third kappa shape index (κ3) is 4.67. The van der Waals surface area contributed by atoms with Gasteiger partial charge in [-0.15, -0.1) is 22.7 Å². The van der Waals surface area contributed by atoms with Gasteiger partial charge in [-0.05, 0) is 42.8 Å². The highest BCUT2D eigenvalue weighted by molar-refractivity contribution is 7.14. The molecule has 132 valence electrons. The fourth-order valence-electron chi connectivity index (χ4n) is 2.91. The Kier molecular flexibility index (Phi) is 6.21. The normalized spacial score (nSPS) is 13.5. The van der Waals surface area contributed by atoms with Gasteiger partial charge in [0.2, 0.25) is 0 Å². The van der Waals surface area contributed by atoms with E-state index in [-0.39, 0.29) is 0 Å². The van der Waals surface area contributed by atoms with Gasteiger partial charge in [-0.2, -0.15) is 0 Å². The third-order valence-electron chi connectivity index (χ3n) is 4.23. The Hall–Kier alpha value is -1.72. The summed E-state index contributed by atoms with van der Waals surface area (Å²) in [5, 5.41) is 4.37. The molecule has 0 radical (unpaired) electrons. The predicted octanol–water partition coefficient (Wildman–Crippen LogP) is 6.29. The smallest absolute Gasteiger partial charge is 0.190 e. The minimum absolute atomic E-state index is 0.428. The van der Waals surface area contributed by atoms with Crippen molar-refractivity contribution in [1.82, 2.24) is 9.55 Å². The number of pyridine rings is 1. The van der Waals surface area contributed by atoms with Crippen molar-refractivity contribution in [2.75, 3.05) is 0 Å². The van der Waals surface area contributed by atoms with Gasteiger partial charge in [0.1, 0.15) is 0 Å². The topological polar surface area (TPSA) is 30.2 Å². The molecule has 1 atom stereocenters. The Morgan fingerprint density at radius 3 is 2.68 bits per heavy atom. The monoisotopic (exact) mass is 371 g/mol. The largest absolute Gasteiger partial charge is 0.313 e. The van der Waals surface area contributed by atoms with Gasteiger partial charge in [-0.1, -0.05) is 32.8 Å². The molecule has 0 aromatic carbocycles. The van der Waals surface area contributed by atoms with Gasteiger partial charge in [0, 0.05) is 17.6 Å². The summed E-state index contributed by atoms with van der Waals surface area (Å²) >= 11 is 3.50.